The fourth-order valence-electron chi connectivity index (χ4n) is 2.41. The highest BCUT2D eigenvalue weighted by molar-refractivity contribution is 14.0. The van der Waals surface area contributed by atoms with E-state index in [0.29, 0.717) is 19.0 Å². The summed E-state index contributed by atoms with van der Waals surface area (Å²) in [6.45, 7) is 6.42. The summed E-state index contributed by atoms with van der Waals surface area (Å²) in [6.07, 6.45) is 7.62. The largest absolute Gasteiger partial charge is 0.357 e. The van der Waals surface area contributed by atoms with E-state index in [9.17, 15) is 4.79 Å². The first-order valence-corrected chi connectivity index (χ1v) is 8.07. The summed E-state index contributed by atoms with van der Waals surface area (Å²) in [7, 11) is 0. The van der Waals surface area contributed by atoms with Gasteiger partial charge in [-0.15, -0.1) is 24.0 Å². The van der Waals surface area contributed by atoms with E-state index in [4.69, 9.17) is 0 Å². The molecule has 1 fully saturated rings. The molecule has 0 aliphatic heterocycles. The molecule has 0 aromatic heterocycles. The van der Waals surface area contributed by atoms with Crippen molar-refractivity contribution in [3.05, 3.63) is 0 Å². The number of guanidine groups is 1. The molecule has 1 amide bonds. The molecule has 0 saturated heterocycles. The van der Waals surface area contributed by atoms with Crippen molar-refractivity contribution < 1.29 is 4.79 Å². The van der Waals surface area contributed by atoms with Crippen LogP contribution in [0.1, 0.15) is 58.8 Å². The Hall–Kier alpha value is -0.530. The van der Waals surface area contributed by atoms with Crippen molar-refractivity contribution in [2.75, 3.05) is 19.6 Å². The van der Waals surface area contributed by atoms with Gasteiger partial charge in [-0.2, -0.15) is 0 Å². The molecule has 0 heterocycles. The molecule has 0 atom stereocenters. The van der Waals surface area contributed by atoms with Crippen LogP contribution in [0.5, 0.6) is 0 Å². The smallest absolute Gasteiger partial charge is 0.221 e. The molecular weight excluding hydrogens is 379 g/mol. The standard InChI is InChI=1S/C15H30N4O.HI/c1-3-11-17-15(16-4-2)18-12-10-14(20)19-13-8-6-5-7-9-13;/h13H,3-12H2,1-2H3,(H,19,20)(H2,16,17,18);1H. The van der Waals surface area contributed by atoms with Crippen molar-refractivity contribution in [2.24, 2.45) is 4.99 Å². The minimum atomic E-state index is 0. The van der Waals surface area contributed by atoms with Crippen LogP contribution in [0.15, 0.2) is 4.99 Å². The second-order valence-electron chi connectivity index (χ2n) is 5.34. The molecule has 0 radical (unpaired) electrons. The van der Waals surface area contributed by atoms with E-state index in [-0.39, 0.29) is 29.9 Å². The van der Waals surface area contributed by atoms with Gasteiger partial charge in [-0.1, -0.05) is 26.2 Å². The topological polar surface area (TPSA) is 65.5 Å². The van der Waals surface area contributed by atoms with Gasteiger partial charge in [-0.3, -0.25) is 9.79 Å². The second kappa shape index (κ2) is 13.2. The first-order chi connectivity index (χ1) is 9.76. The van der Waals surface area contributed by atoms with Crippen molar-refractivity contribution in [2.45, 2.75) is 64.8 Å². The highest BCUT2D eigenvalue weighted by Gasteiger charge is 2.15. The van der Waals surface area contributed by atoms with Gasteiger partial charge in [0.2, 0.25) is 5.91 Å². The summed E-state index contributed by atoms with van der Waals surface area (Å²) < 4.78 is 0. The summed E-state index contributed by atoms with van der Waals surface area (Å²) in [4.78, 5) is 16.3. The number of hydrogen-bond donors (Lipinski definition) is 3. The molecule has 21 heavy (non-hydrogen) atoms. The highest BCUT2D eigenvalue weighted by atomic mass is 127. The molecule has 124 valence electrons. The van der Waals surface area contributed by atoms with Gasteiger partial charge in [0.1, 0.15) is 0 Å². The van der Waals surface area contributed by atoms with Crippen molar-refractivity contribution in [1.29, 1.82) is 0 Å². The number of hydrogen-bond acceptors (Lipinski definition) is 2. The second-order valence-corrected chi connectivity index (χ2v) is 5.34. The summed E-state index contributed by atoms with van der Waals surface area (Å²) in [5.74, 6) is 0.954. The Morgan fingerprint density at radius 2 is 1.86 bits per heavy atom. The Morgan fingerprint density at radius 1 is 1.14 bits per heavy atom. The van der Waals surface area contributed by atoms with Crippen molar-refractivity contribution in [3.63, 3.8) is 0 Å². The van der Waals surface area contributed by atoms with E-state index < -0.39 is 0 Å². The van der Waals surface area contributed by atoms with Crippen LogP contribution in [0.25, 0.3) is 0 Å². The molecule has 1 saturated carbocycles. The van der Waals surface area contributed by atoms with Gasteiger partial charge < -0.3 is 16.0 Å². The highest BCUT2D eigenvalue weighted by Crippen LogP contribution is 2.17. The molecule has 6 heteroatoms. The number of rotatable bonds is 7. The number of amides is 1. The van der Waals surface area contributed by atoms with E-state index in [2.05, 4.69) is 27.9 Å². The first kappa shape index (κ1) is 20.5. The molecule has 0 unspecified atom stereocenters. The van der Waals surface area contributed by atoms with Gasteiger partial charge in [-0.05, 0) is 26.2 Å². The van der Waals surface area contributed by atoms with Crippen molar-refractivity contribution >= 4 is 35.8 Å². The maximum atomic E-state index is 11.9. The van der Waals surface area contributed by atoms with Gasteiger partial charge >= 0.3 is 0 Å². The molecule has 0 bridgehead atoms. The first-order valence-electron chi connectivity index (χ1n) is 8.07. The number of carbonyl (C=O) groups excluding carboxylic acids is 1. The van der Waals surface area contributed by atoms with Crippen molar-refractivity contribution in [3.8, 4) is 0 Å². The van der Waals surface area contributed by atoms with E-state index in [1.807, 2.05) is 6.92 Å². The van der Waals surface area contributed by atoms with Crippen LogP contribution in [0, 0.1) is 0 Å². The SMILES string of the molecule is CCCN=C(NCC)NCCC(=O)NC1CCCCC1.I. The lowest BCUT2D eigenvalue weighted by molar-refractivity contribution is -0.121. The van der Waals surface area contributed by atoms with Crippen LogP contribution >= 0.6 is 24.0 Å². The van der Waals surface area contributed by atoms with Crippen molar-refractivity contribution in [1.82, 2.24) is 16.0 Å². The minimum Gasteiger partial charge on any atom is -0.357 e. The predicted molar refractivity (Wildman–Crippen MR) is 99.3 cm³/mol. The normalized spacial score (nSPS) is 16.0. The number of nitrogens with zero attached hydrogens (tertiary/aromatic N) is 1. The zero-order chi connectivity index (χ0) is 14.6. The van der Waals surface area contributed by atoms with Crippen LogP contribution in [-0.4, -0.2) is 37.5 Å². The van der Waals surface area contributed by atoms with E-state index >= 15 is 0 Å². The fourth-order valence-corrected chi connectivity index (χ4v) is 2.41. The van der Waals surface area contributed by atoms with E-state index in [0.717, 1.165) is 38.3 Å². The Balaban J connectivity index is 0.00000400. The number of aliphatic imine (C=N–C) groups is 1. The molecule has 0 aromatic carbocycles. The Kier molecular flexibility index (Phi) is 12.8. The lowest BCUT2D eigenvalue weighted by Crippen LogP contribution is -2.41. The molecular formula is C15H31IN4O. The Bertz CT molecular complexity index is 304. The third-order valence-corrected chi connectivity index (χ3v) is 3.45. The molecule has 5 nitrogen and oxygen atoms in total. The molecule has 0 spiro atoms. The zero-order valence-corrected chi connectivity index (χ0v) is 15.7. The molecule has 1 rings (SSSR count). The van der Waals surface area contributed by atoms with Crippen LogP contribution in [0.4, 0.5) is 0 Å². The average molecular weight is 410 g/mol. The molecule has 3 N–H and O–H groups in total. The third-order valence-electron chi connectivity index (χ3n) is 3.45. The van der Waals surface area contributed by atoms with Gasteiger partial charge in [0.15, 0.2) is 5.96 Å². The summed E-state index contributed by atoms with van der Waals surface area (Å²) in [6, 6.07) is 0.401. The van der Waals surface area contributed by atoms with E-state index in [1.54, 1.807) is 0 Å². The zero-order valence-electron chi connectivity index (χ0n) is 13.4. The van der Waals surface area contributed by atoms with Crippen LogP contribution < -0.4 is 16.0 Å². The minimum absolute atomic E-state index is 0. The van der Waals surface area contributed by atoms with Gasteiger partial charge in [0, 0.05) is 32.1 Å². The maximum absolute atomic E-state index is 11.9. The Morgan fingerprint density at radius 3 is 2.48 bits per heavy atom. The molecule has 0 aromatic rings. The van der Waals surface area contributed by atoms with Crippen LogP contribution in [0.3, 0.4) is 0 Å². The van der Waals surface area contributed by atoms with Gasteiger partial charge in [0.05, 0.1) is 0 Å². The lowest BCUT2D eigenvalue weighted by atomic mass is 9.95. The Labute approximate surface area is 146 Å². The van der Waals surface area contributed by atoms with Gasteiger partial charge in [0.25, 0.3) is 0 Å². The predicted octanol–water partition coefficient (Wildman–Crippen LogP) is 2.41. The molecule has 1 aliphatic carbocycles. The maximum Gasteiger partial charge on any atom is 0.221 e. The number of nitrogens with one attached hydrogen (secondary N) is 3. The van der Waals surface area contributed by atoms with Crippen LogP contribution in [-0.2, 0) is 4.79 Å². The monoisotopic (exact) mass is 410 g/mol. The van der Waals surface area contributed by atoms with E-state index in [1.165, 1.54) is 19.3 Å². The van der Waals surface area contributed by atoms with Crippen LogP contribution in [0.2, 0.25) is 0 Å². The number of carbonyl (C=O) groups is 1. The summed E-state index contributed by atoms with van der Waals surface area (Å²) in [5.41, 5.74) is 0. The third kappa shape index (κ3) is 9.92. The quantitative estimate of drug-likeness (QED) is 0.343. The molecule has 1 aliphatic rings. The summed E-state index contributed by atoms with van der Waals surface area (Å²) in [5, 5.41) is 9.51. The number of halogens is 1. The average Bonchev–Trinajstić information content (AvgIpc) is 2.45. The lowest BCUT2D eigenvalue weighted by Gasteiger charge is -2.22. The summed E-state index contributed by atoms with van der Waals surface area (Å²) >= 11 is 0. The van der Waals surface area contributed by atoms with Gasteiger partial charge in [-0.25, -0.2) is 0 Å². The fraction of sp³-hybridized carbons (Fsp3) is 0.867.